The van der Waals surface area contributed by atoms with Gasteiger partial charge < -0.3 is 4.74 Å². The van der Waals surface area contributed by atoms with Gasteiger partial charge in [0.25, 0.3) is 0 Å². The number of ether oxygens (including phenoxy) is 1. The third kappa shape index (κ3) is 2.61. The summed E-state index contributed by atoms with van der Waals surface area (Å²) in [6.45, 7) is 0.727. The fourth-order valence-electron chi connectivity index (χ4n) is 2.60. The topological polar surface area (TPSA) is 73.1 Å². The van der Waals surface area contributed by atoms with E-state index in [0.29, 0.717) is 17.7 Å². The van der Waals surface area contributed by atoms with Crippen molar-refractivity contribution in [2.24, 2.45) is 11.8 Å². The lowest BCUT2D eigenvalue weighted by molar-refractivity contribution is 0.246. The summed E-state index contributed by atoms with van der Waals surface area (Å²) in [5.74, 6) is 7.06. The van der Waals surface area contributed by atoms with Gasteiger partial charge in [0.1, 0.15) is 0 Å². The van der Waals surface area contributed by atoms with Crippen LogP contribution in [0.15, 0.2) is 24.3 Å². The number of aromatic nitrogens is 2. The minimum Gasteiger partial charge on any atom is -0.477 e. The number of nitrogens with zero attached hydrogens (tertiary/aromatic N) is 2. The Morgan fingerprint density at radius 3 is 2.79 bits per heavy atom. The lowest BCUT2D eigenvalue weighted by Crippen LogP contribution is -2.13. The summed E-state index contributed by atoms with van der Waals surface area (Å²) in [7, 11) is 0. The first-order chi connectivity index (χ1) is 9.36. The number of rotatable bonds is 4. The van der Waals surface area contributed by atoms with Crippen LogP contribution in [-0.4, -0.2) is 16.6 Å². The molecule has 0 spiro atoms. The number of nitrogens with two attached hydrogens (primary N) is 1. The van der Waals surface area contributed by atoms with E-state index in [2.05, 4.69) is 15.4 Å². The first kappa shape index (κ1) is 12.2. The van der Waals surface area contributed by atoms with Gasteiger partial charge in [-0.1, -0.05) is 25.0 Å². The van der Waals surface area contributed by atoms with Crippen LogP contribution in [0.25, 0.3) is 10.9 Å². The second-order valence-corrected chi connectivity index (χ2v) is 4.98. The SMILES string of the molecule is NNc1nc(OCC2CCCC2)c2ccccc2n1. The van der Waals surface area contributed by atoms with E-state index in [1.165, 1.54) is 25.7 Å². The highest BCUT2D eigenvalue weighted by Crippen LogP contribution is 2.28. The maximum Gasteiger partial charge on any atom is 0.241 e. The van der Waals surface area contributed by atoms with Crippen LogP contribution in [0.4, 0.5) is 5.95 Å². The Kier molecular flexibility index (Phi) is 3.46. The molecule has 0 atom stereocenters. The number of nitrogen functional groups attached to an aromatic ring is 1. The second kappa shape index (κ2) is 5.40. The average molecular weight is 258 g/mol. The van der Waals surface area contributed by atoms with Crippen LogP contribution in [-0.2, 0) is 0 Å². The summed E-state index contributed by atoms with van der Waals surface area (Å²) >= 11 is 0. The Morgan fingerprint density at radius 2 is 2.00 bits per heavy atom. The minimum absolute atomic E-state index is 0.389. The van der Waals surface area contributed by atoms with Crippen LogP contribution < -0.4 is 16.0 Å². The smallest absolute Gasteiger partial charge is 0.241 e. The monoisotopic (exact) mass is 258 g/mol. The number of hydrazine groups is 1. The van der Waals surface area contributed by atoms with Gasteiger partial charge >= 0.3 is 0 Å². The highest BCUT2D eigenvalue weighted by molar-refractivity contribution is 5.84. The zero-order valence-corrected chi connectivity index (χ0v) is 10.8. The highest BCUT2D eigenvalue weighted by atomic mass is 16.5. The Balaban J connectivity index is 1.87. The summed E-state index contributed by atoms with van der Waals surface area (Å²) in [5, 5.41) is 0.930. The quantitative estimate of drug-likeness (QED) is 0.651. The van der Waals surface area contributed by atoms with Crippen LogP contribution in [0, 0.1) is 5.92 Å². The highest BCUT2D eigenvalue weighted by Gasteiger charge is 2.17. The van der Waals surface area contributed by atoms with E-state index in [9.17, 15) is 0 Å². The fourth-order valence-corrected chi connectivity index (χ4v) is 2.60. The molecule has 1 fully saturated rings. The summed E-state index contributed by atoms with van der Waals surface area (Å²) in [4.78, 5) is 8.62. The van der Waals surface area contributed by atoms with Crippen molar-refractivity contribution in [2.45, 2.75) is 25.7 Å². The minimum atomic E-state index is 0.389. The summed E-state index contributed by atoms with van der Waals surface area (Å²) in [6.07, 6.45) is 5.14. The Hall–Kier alpha value is -1.88. The lowest BCUT2D eigenvalue weighted by Gasteiger charge is -2.13. The van der Waals surface area contributed by atoms with Crippen LogP contribution in [0.3, 0.4) is 0 Å². The molecule has 1 heterocycles. The Bertz CT molecular complexity index is 566. The van der Waals surface area contributed by atoms with Gasteiger partial charge in [0.15, 0.2) is 0 Å². The van der Waals surface area contributed by atoms with Gasteiger partial charge in [-0.15, -0.1) is 0 Å². The number of hydrogen-bond donors (Lipinski definition) is 2. The normalized spacial score (nSPS) is 15.8. The van der Waals surface area contributed by atoms with Gasteiger partial charge in [-0.05, 0) is 30.9 Å². The van der Waals surface area contributed by atoms with Crippen molar-refractivity contribution in [1.82, 2.24) is 9.97 Å². The predicted octanol–water partition coefficient (Wildman–Crippen LogP) is 2.48. The zero-order valence-electron chi connectivity index (χ0n) is 10.8. The number of para-hydroxylation sites is 1. The molecule has 1 aromatic carbocycles. The molecule has 5 heteroatoms. The number of nitrogens with one attached hydrogen (secondary N) is 1. The van der Waals surface area contributed by atoms with Crippen molar-refractivity contribution >= 4 is 16.9 Å². The predicted molar refractivity (Wildman–Crippen MR) is 74.8 cm³/mol. The van der Waals surface area contributed by atoms with Gasteiger partial charge in [-0.2, -0.15) is 4.98 Å². The number of fused-ring (bicyclic) bond motifs is 1. The second-order valence-electron chi connectivity index (χ2n) is 4.98. The van der Waals surface area contributed by atoms with Gasteiger partial charge in [0, 0.05) is 0 Å². The van der Waals surface area contributed by atoms with E-state index < -0.39 is 0 Å². The molecule has 3 rings (SSSR count). The maximum atomic E-state index is 5.90. The summed E-state index contributed by atoms with van der Waals surface area (Å²) < 4.78 is 5.90. The third-order valence-electron chi connectivity index (χ3n) is 3.63. The van der Waals surface area contributed by atoms with Gasteiger partial charge in [0.05, 0.1) is 17.5 Å². The van der Waals surface area contributed by atoms with Gasteiger partial charge in [-0.25, -0.2) is 10.8 Å². The molecule has 0 unspecified atom stereocenters. The number of benzene rings is 1. The van der Waals surface area contributed by atoms with Crippen molar-refractivity contribution in [3.63, 3.8) is 0 Å². The van der Waals surface area contributed by atoms with E-state index in [1.54, 1.807) is 0 Å². The Morgan fingerprint density at radius 1 is 1.21 bits per heavy atom. The maximum absolute atomic E-state index is 5.90. The Labute approximate surface area is 112 Å². The van der Waals surface area contributed by atoms with Crippen LogP contribution >= 0.6 is 0 Å². The molecule has 1 aliphatic carbocycles. The van der Waals surface area contributed by atoms with Crippen molar-refractivity contribution in [3.8, 4) is 5.88 Å². The fraction of sp³-hybridized carbons (Fsp3) is 0.429. The van der Waals surface area contributed by atoms with E-state index >= 15 is 0 Å². The largest absolute Gasteiger partial charge is 0.477 e. The number of hydrogen-bond acceptors (Lipinski definition) is 5. The third-order valence-corrected chi connectivity index (χ3v) is 3.63. The molecule has 100 valence electrons. The van der Waals surface area contributed by atoms with Crippen molar-refractivity contribution < 1.29 is 4.74 Å². The molecule has 0 saturated heterocycles. The molecule has 0 radical (unpaired) electrons. The summed E-state index contributed by atoms with van der Waals surface area (Å²) in [6, 6.07) is 7.81. The van der Waals surface area contributed by atoms with Crippen LogP contribution in [0.1, 0.15) is 25.7 Å². The molecular formula is C14H18N4O. The summed E-state index contributed by atoms with van der Waals surface area (Å²) in [5.41, 5.74) is 3.32. The van der Waals surface area contributed by atoms with E-state index in [0.717, 1.165) is 17.5 Å². The zero-order chi connectivity index (χ0) is 13.1. The molecule has 0 aliphatic heterocycles. The van der Waals surface area contributed by atoms with Crippen molar-refractivity contribution in [2.75, 3.05) is 12.0 Å². The van der Waals surface area contributed by atoms with Crippen molar-refractivity contribution in [1.29, 1.82) is 0 Å². The first-order valence-corrected chi connectivity index (χ1v) is 6.73. The standard InChI is InChI=1S/C14H18N4O/c15-18-14-16-12-8-4-3-7-11(12)13(17-14)19-9-10-5-1-2-6-10/h3-4,7-8,10H,1-2,5-6,9,15H2,(H,16,17,18). The molecule has 0 amide bonds. The van der Waals surface area contributed by atoms with E-state index in [-0.39, 0.29) is 0 Å². The molecule has 2 aromatic rings. The molecule has 0 bridgehead atoms. The molecule has 1 aliphatic rings. The van der Waals surface area contributed by atoms with Gasteiger partial charge in [-0.3, -0.25) is 5.43 Å². The van der Waals surface area contributed by atoms with E-state index in [1.807, 2.05) is 24.3 Å². The van der Waals surface area contributed by atoms with Crippen LogP contribution in [0.2, 0.25) is 0 Å². The van der Waals surface area contributed by atoms with E-state index in [4.69, 9.17) is 10.6 Å². The molecular weight excluding hydrogens is 240 g/mol. The average Bonchev–Trinajstić information content (AvgIpc) is 2.97. The molecule has 19 heavy (non-hydrogen) atoms. The molecule has 1 aromatic heterocycles. The first-order valence-electron chi connectivity index (χ1n) is 6.73. The number of anilines is 1. The lowest BCUT2D eigenvalue weighted by atomic mass is 10.1. The van der Waals surface area contributed by atoms with Crippen molar-refractivity contribution in [3.05, 3.63) is 24.3 Å². The van der Waals surface area contributed by atoms with Crippen LogP contribution in [0.5, 0.6) is 5.88 Å². The van der Waals surface area contributed by atoms with Gasteiger partial charge in [0.2, 0.25) is 11.8 Å². The molecule has 1 saturated carbocycles. The molecule has 3 N–H and O–H groups in total. The molecule has 5 nitrogen and oxygen atoms in total.